The Labute approximate surface area is 168 Å². The van der Waals surface area contributed by atoms with Crippen molar-refractivity contribution in [2.24, 2.45) is 0 Å². The molecule has 1 aliphatic heterocycles. The number of anilines is 2. The molecular weight excluding hydrogens is 380 g/mol. The van der Waals surface area contributed by atoms with Crippen molar-refractivity contribution in [1.29, 1.82) is 5.26 Å². The Kier molecular flexibility index (Phi) is 6.63. The number of carbonyl (C=O) groups is 1. The minimum absolute atomic E-state index is 0.0816. The molecule has 0 unspecified atom stereocenters. The van der Waals surface area contributed by atoms with Gasteiger partial charge in [0.15, 0.2) is 5.82 Å². The van der Waals surface area contributed by atoms with Crippen LogP contribution in [0.5, 0.6) is 5.88 Å². The van der Waals surface area contributed by atoms with Crippen LogP contribution in [0.25, 0.3) is 0 Å². The van der Waals surface area contributed by atoms with Crippen molar-refractivity contribution in [2.75, 3.05) is 50.1 Å². The van der Waals surface area contributed by atoms with E-state index in [0.717, 1.165) is 32.0 Å². The Bertz CT molecular complexity index is 877. The lowest BCUT2D eigenvalue weighted by Gasteiger charge is -2.35. The number of hydrogen-bond donors (Lipinski definition) is 1. The third-order valence-electron chi connectivity index (χ3n) is 4.53. The van der Waals surface area contributed by atoms with Crippen molar-refractivity contribution in [1.82, 2.24) is 14.9 Å². The average Bonchev–Trinajstić information content (AvgIpc) is 2.73. The molecule has 1 aromatic heterocycles. The number of hydrogen-bond acceptors (Lipinski definition) is 7. The maximum absolute atomic E-state index is 12.2. The predicted octanol–water partition coefficient (Wildman–Crippen LogP) is 2.16. The third kappa shape index (κ3) is 5.09. The third-order valence-corrected chi connectivity index (χ3v) is 4.85. The molecule has 1 fully saturated rings. The van der Waals surface area contributed by atoms with Crippen LogP contribution in [0.3, 0.4) is 0 Å². The quantitative estimate of drug-likeness (QED) is 0.793. The van der Waals surface area contributed by atoms with Crippen LogP contribution in [0.15, 0.2) is 30.6 Å². The summed E-state index contributed by atoms with van der Waals surface area (Å²) in [5.74, 6) is 1.22. The number of piperazine rings is 1. The van der Waals surface area contributed by atoms with Gasteiger partial charge in [0.1, 0.15) is 6.07 Å². The number of rotatable bonds is 6. The van der Waals surface area contributed by atoms with Crippen LogP contribution in [0.4, 0.5) is 11.5 Å². The molecule has 2 heterocycles. The van der Waals surface area contributed by atoms with Gasteiger partial charge in [-0.1, -0.05) is 11.6 Å². The van der Waals surface area contributed by atoms with Crippen LogP contribution in [0.2, 0.25) is 5.02 Å². The Morgan fingerprint density at radius 3 is 2.79 bits per heavy atom. The first-order valence-electron chi connectivity index (χ1n) is 8.92. The summed E-state index contributed by atoms with van der Waals surface area (Å²) in [7, 11) is 1.57. The maximum Gasteiger partial charge on any atom is 0.233 e. The second-order valence-electron chi connectivity index (χ2n) is 6.35. The van der Waals surface area contributed by atoms with E-state index in [4.69, 9.17) is 21.6 Å². The van der Waals surface area contributed by atoms with Gasteiger partial charge in [0, 0.05) is 44.8 Å². The fourth-order valence-electron chi connectivity index (χ4n) is 2.96. The lowest BCUT2D eigenvalue weighted by molar-refractivity contribution is -0.116. The normalized spacial score (nSPS) is 14.4. The van der Waals surface area contributed by atoms with Gasteiger partial charge in [-0.2, -0.15) is 10.2 Å². The van der Waals surface area contributed by atoms with E-state index >= 15 is 0 Å². The van der Waals surface area contributed by atoms with Crippen LogP contribution < -0.4 is 15.0 Å². The predicted molar refractivity (Wildman–Crippen MR) is 107 cm³/mol. The number of nitrogens with zero attached hydrogens (tertiary/aromatic N) is 5. The van der Waals surface area contributed by atoms with Crippen LogP contribution in [-0.4, -0.2) is 60.6 Å². The molecule has 1 amide bonds. The molecule has 0 radical (unpaired) electrons. The van der Waals surface area contributed by atoms with Gasteiger partial charge in [0.25, 0.3) is 0 Å². The van der Waals surface area contributed by atoms with Gasteiger partial charge < -0.3 is 15.0 Å². The molecule has 3 rings (SSSR count). The number of nitrogens with one attached hydrogen (secondary N) is 1. The van der Waals surface area contributed by atoms with E-state index in [1.807, 2.05) is 6.07 Å². The number of amides is 1. The van der Waals surface area contributed by atoms with Crippen LogP contribution in [-0.2, 0) is 4.79 Å². The number of ether oxygens (including phenoxy) is 1. The van der Waals surface area contributed by atoms with E-state index in [-0.39, 0.29) is 5.91 Å². The Balaban J connectivity index is 1.44. The largest absolute Gasteiger partial charge is 0.480 e. The zero-order chi connectivity index (χ0) is 19.9. The molecule has 0 aliphatic carbocycles. The Morgan fingerprint density at radius 1 is 1.32 bits per heavy atom. The first kappa shape index (κ1) is 19.9. The molecule has 2 aromatic rings. The molecule has 1 aliphatic rings. The van der Waals surface area contributed by atoms with Crippen LogP contribution in [0, 0.1) is 11.3 Å². The highest BCUT2D eigenvalue weighted by molar-refractivity contribution is 6.32. The summed E-state index contributed by atoms with van der Waals surface area (Å²) in [5.41, 5.74) is 0.980. The van der Waals surface area contributed by atoms with Gasteiger partial charge in [-0.05, 0) is 18.2 Å². The molecule has 8 nitrogen and oxygen atoms in total. The first-order valence-corrected chi connectivity index (χ1v) is 9.29. The van der Waals surface area contributed by atoms with E-state index in [1.165, 1.54) is 0 Å². The summed E-state index contributed by atoms with van der Waals surface area (Å²) in [6.45, 7) is 3.99. The number of carbonyl (C=O) groups excluding carboxylic acids is 1. The van der Waals surface area contributed by atoms with E-state index in [9.17, 15) is 4.79 Å². The number of aromatic nitrogens is 2. The summed E-state index contributed by atoms with van der Waals surface area (Å²) in [5, 5.41) is 12.0. The summed E-state index contributed by atoms with van der Waals surface area (Å²) >= 11 is 5.99. The first-order chi connectivity index (χ1) is 13.6. The molecule has 0 spiro atoms. The van der Waals surface area contributed by atoms with Gasteiger partial charge in [-0.25, -0.2) is 0 Å². The minimum atomic E-state index is -0.0816. The smallest absolute Gasteiger partial charge is 0.233 e. The molecule has 0 bridgehead atoms. The van der Waals surface area contributed by atoms with Gasteiger partial charge in [0.05, 0.1) is 30.1 Å². The molecule has 1 aromatic carbocycles. The van der Waals surface area contributed by atoms with Crippen LogP contribution in [0.1, 0.15) is 12.0 Å². The van der Waals surface area contributed by atoms with Crippen molar-refractivity contribution in [2.45, 2.75) is 6.42 Å². The number of methoxy groups -OCH3 is 1. The summed E-state index contributed by atoms with van der Waals surface area (Å²) in [6, 6.07) is 6.86. The highest BCUT2D eigenvalue weighted by atomic mass is 35.5. The number of nitriles is 1. The molecule has 146 valence electrons. The van der Waals surface area contributed by atoms with E-state index in [0.29, 0.717) is 35.1 Å². The van der Waals surface area contributed by atoms with E-state index < -0.39 is 0 Å². The fraction of sp³-hybridized carbons (Fsp3) is 0.368. The number of benzene rings is 1. The highest BCUT2D eigenvalue weighted by Crippen LogP contribution is 2.20. The van der Waals surface area contributed by atoms with E-state index in [1.54, 1.807) is 37.7 Å². The van der Waals surface area contributed by atoms with Crippen molar-refractivity contribution in [3.63, 3.8) is 0 Å². The lowest BCUT2D eigenvalue weighted by Crippen LogP contribution is -2.47. The topological polar surface area (TPSA) is 94.4 Å². The molecule has 28 heavy (non-hydrogen) atoms. The monoisotopic (exact) mass is 400 g/mol. The molecule has 9 heteroatoms. The molecular formula is C19H21ClN6O2. The second kappa shape index (κ2) is 9.35. The highest BCUT2D eigenvalue weighted by Gasteiger charge is 2.19. The SMILES string of the molecule is COc1cncc(N2CCN(CCC(=O)Nc3ccc(C#N)c(Cl)c3)CC2)n1. The summed E-state index contributed by atoms with van der Waals surface area (Å²) in [6.07, 6.45) is 3.70. The Morgan fingerprint density at radius 2 is 2.11 bits per heavy atom. The minimum Gasteiger partial charge on any atom is -0.480 e. The van der Waals surface area contributed by atoms with Gasteiger partial charge in [0.2, 0.25) is 11.8 Å². The second-order valence-corrected chi connectivity index (χ2v) is 6.76. The standard InChI is InChI=1S/C19H21ClN6O2/c1-28-19-13-22-12-17(24-19)26-8-6-25(7-9-26)5-4-18(27)23-15-3-2-14(11-21)16(20)10-15/h2-3,10,12-13H,4-9H2,1H3,(H,23,27). The Hall–Kier alpha value is -2.89. The molecule has 0 atom stereocenters. The molecule has 1 saturated heterocycles. The van der Waals surface area contributed by atoms with Crippen molar-refractivity contribution in [3.05, 3.63) is 41.2 Å². The maximum atomic E-state index is 12.2. The van der Waals surface area contributed by atoms with Crippen molar-refractivity contribution >= 4 is 29.0 Å². The van der Waals surface area contributed by atoms with Crippen LogP contribution >= 0.6 is 11.6 Å². The van der Waals surface area contributed by atoms with Gasteiger partial charge in [-0.15, -0.1) is 0 Å². The average molecular weight is 401 g/mol. The summed E-state index contributed by atoms with van der Waals surface area (Å²) < 4.78 is 5.12. The zero-order valence-corrected chi connectivity index (χ0v) is 16.3. The number of halogens is 1. The van der Waals surface area contributed by atoms with Gasteiger partial charge in [-0.3, -0.25) is 14.7 Å². The zero-order valence-electron chi connectivity index (χ0n) is 15.6. The lowest BCUT2D eigenvalue weighted by atomic mass is 10.2. The molecule has 1 N–H and O–H groups in total. The van der Waals surface area contributed by atoms with E-state index in [2.05, 4.69) is 25.1 Å². The summed E-state index contributed by atoms with van der Waals surface area (Å²) in [4.78, 5) is 25.1. The fourth-order valence-corrected chi connectivity index (χ4v) is 3.18. The van der Waals surface area contributed by atoms with Gasteiger partial charge >= 0.3 is 0 Å². The van der Waals surface area contributed by atoms with Crippen molar-refractivity contribution in [3.8, 4) is 11.9 Å². The molecule has 0 saturated carbocycles. The van der Waals surface area contributed by atoms with Crippen molar-refractivity contribution < 1.29 is 9.53 Å².